The summed E-state index contributed by atoms with van der Waals surface area (Å²) in [6, 6.07) is 0.823. The van der Waals surface area contributed by atoms with Crippen molar-refractivity contribution >= 4 is 49.6 Å². The number of halogens is 4. The van der Waals surface area contributed by atoms with Gasteiger partial charge in [-0.3, -0.25) is 13.9 Å². The van der Waals surface area contributed by atoms with E-state index in [1.165, 1.54) is 6.20 Å². The summed E-state index contributed by atoms with van der Waals surface area (Å²) in [4.78, 5) is 47.8. The average Bonchev–Trinajstić information content (AvgIpc) is 4.03. The molecule has 4 aromatic rings. The van der Waals surface area contributed by atoms with Crippen molar-refractivity contribution in [1.29, 1.82) is 0 Å². The first-order valence-electron chi connectivity index (χ1n) is 22.0. The SMILES string of the molecule is O=C(CCOCCOCCOCCOCCn1cc(COCCOCCOCCOCCNc2nc(Cl)nc3c2cnn3[C@@H]2O[C@H](COP(=O)(O)CP(=O)(O)O)[C@@H](O)[C@H]2O)nn1)Oc1c(F)cc(F)cc1F. The van der Waals surface area contributed by atoms with E-state index in [9.17, 15) is 42.2 Å². The lowest BCUT2D eigenvalue weighted by molar-refractivity contribution is -0.136. The van der Waals surface area contributed by atoms with Crippen molar-refractivity contribution < 1.29 is 104 Å². The van der Waals surface area contributed by atoms with Crippen LogP contribution in [0.3, 0.4) is 0 Å². The van der Waals surface area contributed by atoms with Gasteiger partial charge >= 0.3 is 21.2 Å². The number of ether oxygens (including phenoxy) is 10. The van der Waals surface area contributed by atoms with E-state index in [1.54, 1.807) is 10.9 Å². The van der Waals surface area contributed by atoms with Crippen molar-refractivity contribution in [3.8, 4) is 5.75 Å². The van der Waals surface area contributed by atoms with Gasteiger partial charge in [0.2, 0.25) is 11.0 Å². The van der Waals surface area contributed by atoms with E-state index in [0.29, 0.717) is 109 Å². The first-order valence-corrected chi connectivity index (χ1v) is 26.0. The number of carbonyl (C=O) groups is 1. The van der Waals surface area contributed by atoms with Crippen LogP contribution >= 0.6 is 26.8 Å². The molecule has 0 bridgehead atoms. The fraction of sp³-hybridized carbons (Fsp3) is 0.641. The van der Waals surface area contributed by atoms with E-state index < -0.39 is 81.4 Å². The summed E-state index contributed by atoms with van der Waals surface area (Å²) in [5, 5.41) is 36.8. The Morgan fingerprint density at radius 1 is 0.778 bits per heavy atom. The number of nitrogens with one attached hydrogen (secondary N) is 1. The number of hydrogen-bond acceptors (Lipinski definition) is 22. The molecule has 1 aliphatic heterocycles. The molecular formula is C39H56ClF3N8O19P2. The largest absolute Gasteiger partial charge is 0.420 e. The highest BCUT2D eigenvalue weighted by atomic mass is 35.5. The van der Waals surface area contributed by atoms with Gasteiger partial charge in [-0.15, -0.1) is 5.10 Å². The van der Waals surface area contributed by atoms with E-state index in [1.807, 2.05) is 0 Å². The third-order valence-electron chi connectivity index (χ3n) is 9.51. The number of hydrogen-bond donors (Lipinski definition) is 6. The molecule has 0 saturated carbocycles. The van der Waals surface area contributed by atoms with E-state index in [0.717, 1.165) is 4.68 Å². The van der Waals surface area contributed by atoms with Crippen molar-refractivity contribution in [3.05, 3.63) is 53.0 Å². The van der Waals surface area contributed by atoms with Crippen LogP contribution in [-0.2, 0) is 74.2 Å². The molecule has 404 valence electrons. The molecule has 0 aliphatic carbocycles. The first kappa shape index (κ1) is 59.0. The summed E-state index contributed by atoms with van der Waals surface area (Å²) < 4.78 is 125. The van der Waals surface area contributed by atoms with Crippen molar-refractivity contribution in [2.24, 2.45) is 0 Å². The van der Waals surface area contributed by atoms with Gasteiger partial charge in [-0.2, -0.15) is 15.1 Å². The van der Waals surface area contributed by atoms with Crippen LogP contribution in [0.4, 0.5) is 19.0 Å². The van der Waals surface area contributed by atoms with Gasteiger partial charge in [0, 0.05) is 18.7 Å². The predicted molar refractivity (Wildman–Crippen MR) is 239 cm³/mol. The maximum absolute atomic E-state index is 13.6. The molecule has 0 spiro atoms. The molecule has 4 heterocycles. The van der Waals surface area contributed by atoms with E-state index >= 15 is 0 Å². The second kappa shape index (κ2) is 30.5. The number of nitrogens with zero attached hydrogens (tertiary/aromatic N) is 7. The van der Waals surface area contributed by atoms with Gasteiger partial charge in [0.25, 0.3) is 0 Å². The third kappa shape index (κ3) is 20.8. The number of benzene rings is 1. The molecule has 72 heavy (non-hydrogen) atoms. The Morgan fingerprint density at radius 3 is 1.96 bits per heavy atom. The molecular weight excluding hydrogens is 1040 g/mol. The molecule has 6 N–H and O–H groups in total. The maximum Gasteiger partial charge on any atom is 0.340 e. The molecule has 5 rings (SSSR count). The zero-order chi connectivity index (χ0) is 51.9. The van der Waals surface area contributed by atoms with Gasteiger partial charge in [0.15, 0.2) is 29.4 Å². The number of anilines is 1. The van der Waals surface area contributed by atoms with Gasteiger partial charge in [-0.05, 0) is 11.6 Å². The highest BCUT2D eigenvalue weighted by Gasteiger charge is 2.46. The highest BCUT2D eigenvalue weighted by molar-refractivity contribution is 7.70. The lowest BCUT2D eigenvalue weighted by Gasteiger charge is -2.18. The van der Waals surface area contributed by atoms with E-state index in [-0.39, 0.29) is 56.2 Å². The summed E-state index contributed by atoms with van der Waals surface area (Å²) in [6.45, 7) is 4.54. The second-order valence-electron chi connectivity index (χ2n) is 15.1. The number of fused-ring (bicyclic) bond motifs is 1. The number of esters is 1. The summed E-state index contributed by atoms with van der Waals surface area (Å²) >= 11 is 6.16. The van der Waals surface area contributed by atoms with Crippen molar-refractivity contribution in [1.82, 2.24) is 34.7 Å². The molecule has 1 unspecified atom stereocenters. The number of rotatable bonds is 37. The Kier molecular flexibility index (Phi) is 25.0. The maximum atomic E-state index is 13.6. The minimum atomic E-state index is -4.88. The molecule has 3 aromatic heterocycles. The Labute approximate surface area is 413 Å². The highest BCUT2D eigenvalue weighted by Crippen LogP contribution is 2.55. The Bertz CT molecular complexity index is 2350. The molecule has 1 saturated heterocycles. The number of carbonyl (C=O) groups excluding carboxylic acids is 1. The third-order valence-corrected chi connectivity index (χ3v) is 13.1. The summed E-state index contributed by atoms with van der Waals surface area (Å²) in [5.74, 6) is -6.81. The number of aromatic nitrogens is 7. The minimum absolute atomic E-state index is 0.0651. The van der Waals surface area contributed by atoms with Crippen LogP contribution in [-0.4, -0.2) is 202 Å². The lowest BCUT2D eigenvalue weighted by Crippen LogP contribution is -2.33. The van der Waals surface area contributed by atoms with Gasteiger partial charge in [0.1, 0.15) is 35.6 Å². The molecule has 1 fully saturated rings. The van der Waals surface area contributed by atoms with E-state index in [2.05, 4.69) is 35.4 Å². The van der Waals surface area contributed by atoms with Gasteiger partial charge in [-0.1, -0.05) is 5.21 Å². The van der Waals surface area contributed by atoms with Crippen LogP contribution in [0.5, 0.6) is 5.75 Å². The van der Waals surface area contributed by atoms with Gasteiger partial charge < -0.3 is 82.1 Å². The van der Waals surface area contributed by atoms with E-state index in [4.69, 9.17) is 68.5 Å². The van der Waals surface area contributed by atoms with Crippen molar-refractivity contribution in [3.63, 3.8) is 0 Å². The molecule has 27 nitrogen and oxygen atoms in total. The van der Waals surface area contributed by atoms with Crippen LogP contribution in [0.2, 0.25) is 5.28 Å². The first-order chi connectivity index (χ1) is 34.5. The van der Waals surface area contributed by atoms with Crippen molar-refractivity contribution in [2.45, 2.75) is 44.1 Å². The summed E-state index contributed by atoms with van der Waals surface area (Å²) in [7, 11) is -9.63. The van der Waals surface area contributed by atoms with Gasteiger partial charge in [-0.25, -0.2) is 22.5 Å². The average molecular weight is 1100 g/mol. The Balaban J connectivity index is 0.797. The standard InChI is InChI=1S/C39H56ClF3N8O19P2/c40-39-46-36(28-21-45-51(37(28)47-39)38-34(54)33(53)31(69-38)24-68-72(58,59)25-71(55,56)57)44-2-5-61-8-11-64-15-16-66-17-18-67-23-27-22-50(49-48-27)3-6-62-9-12-65-14-13-63-10-7-60-4-1-32(52)70-35-29(42)19-26(41)20-30(35)43/h19-22,31,33-34,38,53-54H,1-18,23-25H2,(H,58,59)(H,44,46,47)(H2,55,56,57)/t31-,33-,34-,38-/m1/s1. The number of aliphatic hydroxyl groups excluding tert-OH is 2. The van der Waals surface area contributed by atoms with Crippen molar-refractivity contribution in [2.75, 3.05) is 123 Å². The quantitative estimate of drug-likeness (QED) is 0.0121. The van der Waals surface area contributed by atoms with Crippen LogP contribution in [0, 0.1) is 17.5 Å². The van der Waals surface area contributed by atoms with Crippen LogP contribution in [0.1, 0.15) is 18.3 Å². The Morgan fingerprint density at radius 2 is 1.35 bits per heavy atom. The van der Waals surface area contributed by atoms with Crippen LogP contribution < -0.4 is 10.1 Å². The molecule has 1 aliphatic rings. The second-order valence-corrected chi connectivity index (χ2v) is 19.4. The van der Waals surface area contributed by atoms with Crippen LogP contribution in [0.25, 0.3) is 11.0 Å². The molecule has 0 radical (unpaired) electrons. The lowest BCUT2D eigenvalue weighted by atomic mass is 10.1. The minimum Gasteiger partial charge on any atom is -0.420 e. The zero-order valence-electron chi connectivity index (χ0n) is 38.5. The van der Waals surface area contributed by atoms with Crippen LogP contribution in [0.15, 0.2) is 24.5 Å². The van der Waals surface area contributed by atoms with Gasteiger partial charge in [0.05, 0.1) is 143 Å². The summed E-state index contributed by atoms with van der Waals surface area (Å²) in [5.41, 5.74) is 0.767. The molecule has 0 amide bonds. The molecule has 33 heteroatoms. The fourth-order valence-corrected chi connectivity index (χ4v) is 8.94. The monoisotopic (exact) mass is 1090 g/mol. The molecule has 1 aromatic carbocycles. The normalized spacial score (nSPS) is 18.0. The fourth-order valence-electron chi connectivity index (χ4n) is 6.21. The Hall–Kier alpha value is -3.88. The zero-order valence-corrected chi connectivity index (χ0v) is 41.0. The smallest absolute Gasteiger partial charge is 0.340 e. The molecule has 5 atom stereocenters. The topological polar surface area (TPSA) is 340 Å². The number of aliphatic hydroxyl groups is 2. The summed E-state index contributed by atoms with van der Waals surface area (Å²) in [6.07, 6.45) is -3.08. The predicted octanol–water partition coefficient (Wildman–Crippen LogP) is 1.19.